The standard InChI is InChI=1S/C16H24N2O4/c1-10-6-7-13(12(8-10)16(3,4)5)22-9-17-15(21)18-11(2)14(19)20/h6-8,11H,9H2,1-5H3,(H,19,20)(H2,17,18,21). The SMILES string of the molecule is Cc1ccc(OCNC(=O)NC(C)C(=O)O)c(C(C)(C)C)c1. The van der Waals surface area contributed by atoms with Gasteiger partial charge in [-0.05, 0) is 30.9 Å². The number of aliphatic carboxylic acids is 1. The molecule has 0 aliphatic rings. The fourth-order valence-corrected chi connectivity index (χ4v) is 1.84. The Morgan fingerprint density at radius 2 is 1.95 bits per heavy atom. The highest BCUT2D eigenvalue weighted by Crippen LogP contribution is 2.31. The summed E-state index contributed by atoms with van der Waals surface area (Å²) in [6.07, 6.45) is 0. The number of nitrogens with one attached hydrogen (secondary N) is 2. The van der Waals surface area contributed by atoms with E-state index in [0.29, 0.717) is 5.75 Å². The van der Waals surface area contributed by atoms with Crippen molar-refractivity contribution in [2.45, 2.75) is 46.1 Å². The largest absolute Gasteiger partial charge is 0.480 e. The van der Waals surface area contributed by atoms with Crippen LogP contribution in [-0.2, 0) is 10.2 Å². The number of carboxylic acid groups (broad SMARTS) is 1. The number of carboxylic acids is 1. The molecule has 1 aromatic carbocycles. The van der Waals surface area contributed by atoms with Gasteiger partial charge in [0.25, 0.3) is 0 Å². The molecule has 22 heavy (non-hydrogen) atoms. The van der Waals surface area contributed by atoms with E-state index in [1.54, 1.807) is 0 Å². The van der Waals surface area contributed by atoms with Gasteiger partial charge in [-0.25, -0.2) is 4.79 Å². The molecule has 0 heterocycles. The van der Waals surface area contributed by atoms with Gasteiger partial charge in [0.15, 0.2) is 6.73 Å². The van der Waals surface area contributed by atoms with E-state index in [2.05, 4.69) is 37.5 Å². The number of amides is 2. The number of hydrogen-bond donors (Lipinski definition) is 3. The van der Waals surface area contributed by atoms with E-state index in [-0.39, 0.29) is 12.1 Å². The predicted octanol–water partition coefficient (Wildman–Crippen LogP) is 2.40. The summed E-state index contributed by atoms with van der Waals surface area (Å²) in [6.45, 7) is 9.62. The Kier molecular flexibility index (Phi) is 5.79. The van der Waals surface area contributed by atoms with Gasteiger partial charge >= 0.3 is 12.0 Å². The minimum absolute atomic E-state index is 0.0374. The fraction of sp³-hybridized carbons (Fsp3) is 0.500. The van der Waals surface area contributed by atoms with Crippen molar-refractivity contribution >= 4 is 12.0 Å². The maximum atomic E-state index is 11.5. The van der Waals surface area contributed by atoms with E-state index in [1.807, 2.05) is 19.1 Å². The molecule has 0 saturated heterocycles. The van der Waals surface area contributed by atoms with Crippen LogP contribution in [0.25, 0.3) is 0 Å². The van der Waals surface area contributed by atoms with E-state index in [0.717, 1.165) is 11.1 Å². The number of carbonyl (C=O) groups excluding carboxylic acids is 1. The van der Waals surface area contributed by atoms with Crippen LogP contribution in [0.3, 0.4) is 0 Å². The molecule has 122 valence electrons. The van der Waals surface area contributed by atoms with Crippen LogP contribution in [0.15, 0.2) is 18.2 Å². The summed E-state index contributed by atoms with van der Waals surface area (Å²) in [5.41, 5.74) is 2.11. The van der Waals surface area contributed by atoms with E-state index in [4.69, 9.17) is 9.84 Å². The fourth-order valence-electron chi connectivity index (χ4n) is 1.84. The lowest BCUT2D eigenvalue weighted by molar-refractivity contribution is -0.138. The van der Waals surface area contributed by atoms with Crippen molar-refractivity contribution in [3.8, 4) is 5.75 Å². The summed E-state index contributed by atoms with van der Waals surface area (Å²) < 4.78 is 5.61. The van der Waals surface area contributed by atoms with Crippen molar-refractivity contribution in [2.75, 3.05) is 6.73 Å². The summed E-state index contributed by atoms with van der Waals surface area (Å²) in [7, 11) is 0. The Morgan fingerprint density at radius 1 is 1.32 bits per heavy atom. The average Bonchev–Trinajstić information content (AvgIpc) is 2.39. The molecule has 0 aliphatic heterocycles. The molecule has 1 aromatic rings. The second-order valence-electron chi connectivity index (χ2n) is 6.25. The highest BCUT2D eigenvalue weighted by Gasteiger charge is 2.19. The van der Waals surface area contributed by atoms with Crippen LogP contribution in [0.4, 0.5) is 4.79 Å². The van der Waals surface area contributed by atoms with E-state index < -0.39 is 18.0 Å². The molecule has 1 atom stereocenters. The third-order valence-electron chi connectivity index (χ3n) is 3.12. The van der Waals surface area contributed by atoms with Gasteiger partial charge in [-0.15, -0.1) is 0 Å². The van der Waals surface area contributed by atoms with Crippen LogP contribution < -0.4 is 15.4 Å². The lowest BCUT2D eigenvalue weighted by Gasteiger charge is -2.23. The molecule has 6 nitrogen and oxygen atoms in total. The molecule has 0 radical (unpaired) electrons. The molecule has 0 bridgehead atoms. The number of carbonyl (C=O) groups is 2. The summed E-state index contributed by atoms with van der Waals surface area (Å²) in [6, 6.07) is 4.33. The molecule has 1 unspecified atom stereocenters. The van der Waals surface area contributed by atoms with Crippen LogP contribution in [0.5, 0.6) is 5.75 Å². The average molecular weight is 308 g/mol. The number of benzene rings is 1. The predicted molar refractivity (Wildman–Crippen MR) is 84.1 cm³/mol. The second kappa shape index (κ2) is 7.15. The molecule has 2 amide bonds. The van der Waals surface area contributed by atoms with Gasteiger partial charge in [0.2, 0.25) is 0 Å². The molecular formula is C16H24N2O4. The summed E-state index contributed by atoms with van der Waals surface area (Å²) >= 11 is 0. The quantitative estimate of drug-likeness (QED) is 0.729. The zero-order chi connectivity index (χ0) is 16.9. The van der Waals surface area contributed by atoms with Crippen LogP contribution >= 0.6 is 0 Å². The van der Waals surface area contributed by atoms with Crippen molar-refractivity contribution in [3.63, 3.8) is 0 Å². The first-order chi connectivity index (χ1) is 10.1. The summed E-state index contributed by atoms with van der Waals surface area (Å²) in [4.78, 5) is 22.2. The maximum Gasteiger partial charge on any atom is 0.325 e. The third kappa shape index (κ3) is 5.27. The third-order valence-corrected chi connectivity index (χ3v) is 3.12. The van der Waals surface area contributed by atoms with E-state index in [1.165, 1.54) is 6.92 Å². The minimum atomic E-state index is -1.09. The van der Waals surface area contributed by atoms with Crippen LogP contribution in [0, 0.1) is 6.92 Å². The van der Waals surface area contributed by atoms with Gasteiger partial charge in [0, 0.05) is 0 Å². The number of hydrogen-bond acceptors (Lipinski definition) is 3. The number of rotatable bonds is 5. The Balaban J connectivity index is 2.62. The number of ether oxygens (including phenoxy) is 1. The Morgan fingerprint density at radius 3 is 2.50 bits per heavy atom. The Hall–Kier alpha value is -2.24. The first-order valence-electron chi connectivity index (χ1n) is 7.12. The lowest BCUT2D eigenvalue weighted by Crippen LogP contribution is -2.45. The van der Waals surface area contributed by atoms with Crippen molar-refractivity contribution in [1.29, 1.82) is 0 Å². The highest BCUT2D eigenvalue weighted by molar-refractivity contribution is 5.82. The molecule has 1 rings (SSSR count). The Bertz CT molecular complexity index is 550. The monoisotopic (exact) mass is 308 g/mol. The zero-order valence-electron chi connectivity index (χ0n) is 13.7. The van der Waals surface area contributed by atoms with Gasteiger partial charge in [-0.2, -0.15) is 0 Å². The van der Waals surface area contributed by atoms with Crippen molar-refractivity contribution in [3.05, 3.63) is 29.3 Å². The molecule has 0 aromatic heterocycles. The molecule has 0 spiro atoms. The van der Waals surface area contributed by atoms with Crippen molar-refractivity contribution in [2.24, 2.45) is 0 Å². The molecular weight excluding hydrogens is 284 g/mol. The summed E-state index contributed by atoms with van der Waals surface area (Å²) in [5, 5.41) is 13.5. The smallest absolute Gasteiger partial charge is 0.325 e. The topological polar surface area (TPSA) is 87.7 Å². The first kappa shape index (κ1) is 17.8. The Labute approximate surface area is 130 Å². The molecule has 0 aliphatic carbocycles. The highest BCUT2D eigenvalue weighted by atomic mass is 16.5. The van der Waals surface area contributed by atoms with E-state index in [9.17, 15) is 9.59 Å². The van der Waals surface area contributed by atoms with Crippen molar-refractivity contribution in [1.82, 2.24) is 10.6 Å². The van der Waals surface area contributed by atoms with Gasteiger partial charge in [0.1, 0.15) is 11.8 Å². The molecule has 6 heteroatoms. The van der Waals surface area contributed by atoms with Crippen LogP contribution in [-0.4, -0.2) is 29.9 Å². The lowest BCUT2D eigenvalue weighted by atomic mass is 9.85. The van der Waals surface area contributed by atoms with Gasteiger partial charge in [-0.1, -0.05) is 38.5 Å². The maximum absolute atomic E-state index is 11.5. The molecule has 0 fully saturated rings. The van der Waals surface area contributed by atoms with Crippen LogP contribution in [0.1, 0.15) is 38.8 Å². The number of urea groups is 1. The molecule has 0 saturated carbocycles. The van der Waals surface area contributed by atoms with Gasteiger partial charge in [0.05, 0.1) is 0 Å². The molecule has 3 N–H and O–H groups in total. The van der Waals surface area contributed by atoms with Crippen LogP contribution in [0.2, 0.25) is 0 Å². The first-order valence-corrected chi connectivity index (χ1v) is 7.12. The van der Waals surface area contributed by atoms with Gasteiger partial charge in [-0.3, -0.25) is 4.79 Å². The zero-order valence-corrected chi connectivity index (χ0v) is 13.7. The normalized spacial score (nSPS) is 12.4. The second-order valence-corrected chi connectivity index (χ2v) is 6.25. The number of aryl methyl sites for hydroxylation is 1. The van der Waals surface area contributed by atoms with E-state index >= 15 is 0 Å². The summed E-state index contributed by atoms with van der Waals surface area (Å²) in [5.74, 6) is -0.394. The van der Waals surface area contributed by atoms with Crippen molar-refractivity contribution < 1.29 is 19.4 Å². The van der Waals surface area contributed by atoms with Gasteiger partial charge < -0.3 is 20.5 Å². The minimum Gasteiger partial charge on any atom is -0.480 e.